The quantitative estimate of drug-likeness (QED) is 0.722. The highest BCUT2D eigenvalue weighted by molar-refractivity contribution is 7.15. The van der Waals surface area contributed by atoms with Gasteiger partial charge in [-0.05, 0) is 25.4 Å². The topological polar surface area (TPSA) is 59.0 Å². The molecule has 23 heavy (non-hydrogen) atoms. The van der Waals surface area contributed by atoms with Gasteiger partial charge in [-0.15, -0.1) is 16.4 Å². The molecule has 0 spiro atoms. The summed E-state index contributed by atoms with van der Waals surface area (Å²) >= 11 is 2.74. The van der Waals surface area contributed by atoms with Crippen LogP contribution in [0.3, 0.4) is 0 Å². The maximum atomic E-state index is 12.4. The Morgan fingerprint density at radius 2 is 2.00 bits per heavy atom. The molecule has 1 aromatic carbocycles. The lowest BCUT2D eigenvalue weighted by molar-refractivity contribution is 0.0749. The Labute approximate surface area is 142 Å². The molecule has 3 rings (SSSR count). The van der Waals surface area contributed by atoms with Gasteiger partial charge in [0.15, 0.2) is 0 Å². The lowest BCUT2D eigenvalue weighted by atomic mass is 10.2. The van der Waals surface area contributed by atoms with Crippen molar-refractivity contribution in [2.45, 2.75) is 19.9 Å². The number of thiazole rings is 1. The summed E-state index contributed by atoms with van der Waals surface area (Å²) in [6.45, 7) is 4.00. The number of aryl methyl sites for hydroxylation is 1. The minimum atomic E-state index is -0.0680. The zero-order valence-corrected chi connectivity index (χ0v) is 14.7. The predicted molar refractivity (Wildman–Crippen MR) is 92.7 cm³/mol. The summed E-state index contributed by atoms with van der Waals surface area (Å²) in [5.74, 6) is -0.0680. The molecule has 2 heterocycles. The van der Waals surface area contributed by atoms with Crippen molar-refractivity contribution >= 4 is 28.8 Å². The van der Waals surface area contributed by atoms with Crippen LogP contribution in [-0.4, -0.2) is 32.4 Å². The number of carbonyl (C=O) groups is 1. The smallest absolute Gasteiger partial charge is 0.267 e. The Hall–Kier alpha value is -2.12. The van der Waals surface area contributed by atoms with Gasteiger partial charge in [0.2, 0.25) is 0 Å². The van der Waals surface area contributed by atoms with Crippen LogP contribution in [0.15, 0.2) is 36.5 Å². The maximum Gasteiger partial charge on any atom is 0.267 e. The molecular weight excluding hydrogens is 328 g/mol. The Balaban J connectivity index is 1.86. The van der Waals surface area contributed by atoms with Gasteiger partial charge in [-0.2, -0.15) is 0 Å². The second kappa shape index (κ2) is 6.55. The highest BCUT2D eigenvalue weighted by Gasteiger charge is 2.24. The lowest BCUT2D eigenvalue weighted by Gasteiger charge is -2.23. The number of rotatable bonds is 4. The van der Waals surface area contributed by atoms with Gasteiger partial charge < -0.3 is 4.90 Å². The fraction of sp³-hybridized carbons (Fsp3) is 0.250. The molecule has 3 aromatic rings. The van der Waals surface area contributed by atoms with Crippen LogP contribution in [0.4, 0.5) is 0 Å². The minimum Gasteiger partial charge on any atom is -0.333 e. The molecule has 0 aliphatic rings. The largest absolute Gasteiger partial charge is 0.333 e. The molecule has 2 aromatic heterocycles. The second-order valence-electron chi connectivity index (χ2n) is 5.21. The zero-order valence-electron chi connectivity index (χ0n) is 13.1. The van der Waals surface area contributed by atoms with Gasteiger partial charge >= 0.3 is 0 Å². The summed E-state index contributed by atoms with van der Waals surface area (Å²) in [5, 5.41) is 4.71. The fourth-order valence-corrected chi connectivity index (χ4v) is 3.95. The van der Waals surface area contributed by atoms with Crippen molar-refractivity contribution in [3.05, 3.63) is 52.0 Å². The lowest BCUT2D eigenvalue weighted by Crippen LogP contribution is -2.29. The average molecular weight is 344 g/mol. The highest BCUT2D eigenvalue weighted by atomic mass is 32.1. The molecule has 0 fully saturated rings. The molecule has 1 unspecified atom stereocenters. The number of amides is 1. The van der Waals surface area contributed by atoms with Crippen LogP contribution < -0.4 is 0 Å². The molecule has 0 aliphatic heterocycles. The molecule has 1 atom stereocenters. The summed E-state index contributed by atoms with van der Waals surface area (Å²) in [7, 11) is 1.80. The molecule has 1 amide bonds. The van der Waals surface area contributed by atoms with Crippen LogP contribution in [0.25, 0.3) is 10.6 Å². The van der Waals surface area contributed by atoms with E-state index in [4.69, 9.17) is 0 Å². The number of aromatic nitrogens is 3. The molecular formula is C16H16N4OS2. The molecule has 0 N–H and O–H groups in total. The number of nitrogens with zero attached hydrogens (tertiary/aromatic N) is 4. The summed E-state index contributed by atoms with van der Waals surface area (Å²) in [5.41, 5.74) is 2.06. The van der Waals surface area contributed by atoms with Gasteiger partial charge in [-0.1, -0.05) is 34.8 Å². The standard InChI is InChI=1S/C16H16N4OS2/c1-10-14(22-15(18-10)12-7-5-4-6-8-12)11(2)20(3)16(21)13-9-17-19-23-13/h4-9,11H,1-3H3. The summed E-state index contributed by atoms with van der Waals surface area (Å²) in [6.07, 6.45) is 1.51. The summed E-state index contributed by atoms with van der Waals surface area (Å²) < 4.78 is 3.75. The van der Waals surface area contributed by atoms with Gasteiger partial charge in [-0.3, -0.25) is 4.79 Å². The molecule has 0 saturated carbocycles. The molecule has 0 radical (unpaired) electrons. The van der Waals surface area contributed by atoms with Crippen LogP contribution in [0, 0.1) is 6.92 Å². The first-order chi connectivity index (χ1) is 11.1. The summed E-state index contributed by atoms with van der Waals surface area (Å²) in [4.78, 5) is 20.5. The van der Waals surface area contributed by atoms with E-state index in [2.05, 4.69) is 14.6 Å². The molecule has 0 aliphatic carbocycles. The van der Waals surface area contributed by atoms with Gasteiger partial charge in [0.1, 0.15) is 9.88 Å². The fourth-order valence-electron chi connectivity index (χ4n) is 2.29. The second-order valence-corrected chi connectivity index (χ2v) is 7.02. The first kappa shape index (κ1) is 15.8. The van der Waals surface area contributed by atoms with E-state index >= 15 is 0 Å². The zero-order chi connectivity index (χ0) is 16.4. The van der Waals surface area contributed by atoms with E-state index in [-0.39, 0.29) is 11.9 Å². The first-order valence-corrected chi connectivity index (χ1v) is 8.74. The van der Waals surface area contributed by atoms with E-state index in [0.717, 1.165) is 32.7 Å². The summed E-state index contributed by atoms with van der Waals surface area (Å²) in [6, 6.07) is 10.0. The van der Waals surface area contributed by atoms with Crippen molar-refractivity contribution in [2.75, 3.05) is 7.05 Å². The van der Waals surface area contributed by atoms with Crippen LogP contribution >= 0.6 is 22.9 Å². The van der Waals surface area contributed by atoms with Crippen LogP contribution in [0.1, 0.15) is 33.2 Å². The van der Waals surface area contributed by atoms with Crippen LogP contribution in [-0.2, 0) is 0 Å². The monoisotopic (exact) mass is 344 g/mol. The van der Waals surface area contributed by atoms with Crippen molar-refractivity contribution in [3.8, 4) is 10.6 Å². The van der Waals surface area contributed by atoms with E-state index in [0.29, 0.717) is 4.88 Å². The van der Waals surface area contributed by atoms with E-state index in [9.17, 15) is 4.79 Å². The third-order valence-corrected chi connectivity index (χ3v) is 5.74. The van der Waals surface area contributed by atoms with Gasteiger partial charge in [-0.25, -0.2) is 4.98 Å². The number of carbonyl (C=O) groups excluding carboxylic acids is 1. The van der Waals surface area contributed by atoms with Crippen molar-refractivity contribution in [3.63, 3.8) is 0 Å². The van der Waals surface area contributed by atoms with Crippen molar-refractivity contribution in [1.82, 2.24) is 19.5 Å². The SMILES string of the molecule is Cc1nc(-c2ccccc2)sc1C(C)N(C)C(=O)c1cnns1. The maximum absolute atomic E-state index is 12.4. The van der Waals surface area contributed by atoms with Crippen LogP contribution in [0.2, 0.25) is 0 Å². The third-order valence-electron chi connectivity index (χ3n) is 3.71. The highest BCUT2D eigenvalue weighted by Crippen LogP contribution is 2.34. The van der Waals surface area contributed by atoms with E-state index in [1.54, 1.807) is 23.3 Å². The first-order valence-electron chi connectivity index (χ1n) is 7.15. The Bertz CT molecular complexity index is 799. The van der Waals surface area contributed by atoms with Gasteiger partial charge in [0.25, 0.3) is 5.91 Å². The number of hydrogen-bond acceptors (Lipinski definition) is 6. The van der Waals surface area contributed by atoms with Crippen LogP contribution in [0.5, 0.6) is 0 Å². The van der Waals surface area contributed by atoms with Gasteiger partial charge in [0.05, 0.1) is 22.8 Å². The molecule has 5 nitrogen and oxygen atoms in total. The third kappa shape index (κ3) is 3.16. The van der Waals surface area contributed by atoms with Crippen molar-refractivity contribution in [1.29, 1.82) is 0 Å². The molecule has 7 heteroatoms. The molecule has 0 saturated heterocycles. The molecule has 0 bridgehead atoms. The van der Waals surface area contributed by atoms with E-state index < -0.39 is 0 Å². The predicted octanol–water partition coefficient (Wildman–Crippen LogP) is 3.80. The number of benzene rings is 1. The van der Waals surface area contributed by atoms with Gasteiger partial charge in [0, 0.05) is 12.6 Å². The Morgan fingerprint density at radius 1 is 1.26 bits per heavy atom. The van der Waals surface area contributed by atoms with Crippen molar-refractivity contribution < 1.29 is 4.79 Å². The van der Waals surface area contributed by atoms with E-state index in [1.165, 1.54) is 6.20 Å². The molecule has 118 valence electrons. The van der Waals surface area contributed by atoms with E-state index in [1.807, 2.05) is 44.2 Å². The Morgan fingerprint density at radius 3 is 2.65 bits per heavy atom. The average Bonchev–Trinajstić information content (AvgIpc) is 3.23. The number of hydrogen-bond donors (Lipinski definition) is 0. The Kier molecular flexibility index (Phi) is 4.49. The van der Waals surface area contributed by atoms with Crippen molar-refractivity contribution in [2.24, 2.45) is 0 Å². The minimum absolute atomic E-state index is 0.0560. The normalized spacial score (nSPS) is 12.1.